The van der Waals surface area contributed by atoms with Gasteiger partial charge in [0, 0.05) is 6.54 Å². The molecule has 92 valence electrons. The van der Waals surface area contributed by atoms with Gasteiger partial charge in [-0.2, -0.15) is 0 Å². The van der Waals surface area contributed by atoms with Crippen molar-refractivity contribution in [2.45, 2.75) is 31.9 Å². The molecular formula is C10H19N3O3. The van der Waals surface area contributed by atoms with E-state index in [2.05, 4.69) is 10.6 Å². The van der Waals surface area contributed by atoms with E-state index in [0.717, 1.165) is 19.4 Å². The number of amides is 1. The van der Waals surface area contributed by atoms with Crippen molar-refractivity contribution >= 4 is 11.9 Å². The lowest BCUT2D eigenvalue weighted by molar-refractivity contribution is -0.149. The predicted octanol–water partition coefficient (Wildman–Crippen LogP) is -1.25. The first-order valence-electron chi connectivity index (χ1n) is 5.53. The van der Waals surface area contributed by atoms with Crippen LogP contribution in [-0.2, 0) is 14.3 Å². The molecule has 0 spiro atoms. The Balaban J connectivity index is 2.17. The number of esters is 1. The molecule has 1 aliphatic heterocycles. The summed E-state index contributed by atoms with van der Waals surface area (Å²) in [6, 6.07) is -0.607. The number of piperidine rings is 1. The summed E-state index contributed by atoms with van der Waals surface area (Å²) in [5.41, 5.74) is 5.33. The first-order chi connectivity index (χ1) is 7.59. The lowest BCUT2D eigenvalue weighted by Crippen LogP contribution is -2.43. The van der Waals surface area contributed by atoms with Crippen LogP contribution in [-0.4, -0.2) is 43.7 Å². The number of nitrogens with one attached hydrogen (secondary N) is 2. The summed E-state index contributed by atoms with van der Waals surface area (Å²) in [7, 11) is 0. The highest BCUT2D eigenvalue weighted by molar-refractivity contribution is 5.85. The zero-order valence-corrected chi connectivity index (χ0v) is 9.49. The standard InChI is InChI=1S/C10H19N3O3/c1-7(11)10(15)13-6-9(14)16-8-3-2-4-12-5-8/h7-8,12H,2-6,11H2,1H3,(H,13,15)/t7-,8?/m0/s1. The molecule has 2 atom stereocenters. The zero-order chi connectivity index (χ0) is 12.0. The second-order valence-electron chi connectivity index (χ2n) is 3.96. The van der Waals surface area contributed by atoms with Crippen LogP contribution in [0.5, 0.6) is 0 Å². The second kappa shape index (κ2) is 6.44. The van der Waals surface area contributed by atoms with Crippen LogP contribution in [0.2, 0.25) is 0 Å². The minimum absolute atomic E-state index is 0.0755. The maximum atomic E-state index is 11.3. The summed E-state index contributed by atoms with van der Waals surface area (Å²) < 4.78 is 5.16. The van der Waals surface area contributed by atoms with Crippen LogP contribution in [0, 0.1) is 0 Å². The Morgan fingerprint density at radius 1 is 1.62 bits per heavy atom. The van der Waals surface area contributed by atoms with Crippen LogP contribution in [0.15, 0.2) is 0 Å². The largest absolute Gasteiger partial charge is 0.460 e. The maximum Gasteiger partial charge on any atom is 0.325 e. The molecule has 0 aliphatic carbocycles. The molecule has 16 heavy (non-hydrogen) atoms. The van der Waals surface area contributed by atoms with Crippen molar-refractivity contribution in [1.82, 2.24) is 10.6 Å². The van der Waals surface area contributed by atoms with Gasteiger partial charge in [-0.05, 0) is 26.3 Å². The molecule has 1 unspecified atom stereocenters. The van der Waals surface area contributed by atoms with E-state index in [1.165, 1.54) is 0 Å². The van der Waals surface area contributed by atoms with E-state index >= 15 is 0 Å². The predicted molar refractivity (Wildman–Crippen MR) is 58.6 cm³/mol. The molecule has 6 heteroatoms. The van der Waals surface area contributed by atoms with Gasteiger partial charge in [-0.25, -0.2) is 0 Å². The number of nitrogens with two attached hydrogens (primary N) is 1. The average Bonchev–Trinajstić information content (AvgIpc) is 2.27. The number of carbonyl (C=O) groups is 2. The Morgan fingerprint density at radius 2 is 2.38 bits per heavy atom. The fraction of sp³-hybridized carbons (Fsp3) is 0.800. The van der Waals surface area contributed by atoms with E-state index in [1.54, 1.807) is 6.92 Å². The van der Waals surface area contributed by atoms with Gasteiger partial charge in [-0.1, -0.05) is 0 Å². The summed E-state index contributed by atoms with van der Waals surface area (Å²) in [5, 5.41) is 5.55. The van der Waals surface area contributed by atoms with E-state index in [-0.39, 0.29) is 18.6 Å². The zero-order valence-electron chi connectivity index (χ0n) is 9.49. The number of hydrogen-bond donors (Lipinski definition) is 3. The molecule has 0 saturated carbocycles. The van der Waals surface area contributed by atoms with Gasteiger partial charge in [0.2, 0.25) is 5.91 Å². The first-order valence-corrected chi connectivity index (χ1v) is 5.53. The normalized spacial score (nSPS) is 22.2. The highest BCUT2D eigenvalue weighted by Gasteiger charge is 2.17. The molecule has 0 bridgehead atoms. The molecule has 4 N–H and O–H groups in total. The van der Waals surface area contributed by atoms with Crippen LogP contribution in [0.25, 0.3) is 0 Å². The minimum atomic E-state index is -0.607. The topological polar surface area (TPSA) is 93.5 Å². The summed E-state index contributed by atoms with van der Waals surface area (Å²) in [5.74, 6) is -0.763. The SMILES string of the molecule is C[C@H](N)C(=O)NCC(=O)OC1CCCNC1. The summed E-state index contributed by atoms with van der Waals surface area (Å²) in [4.78, 5) is 22.4. The molecule has 1 aliphatic rings. The van der Waals surface area contributed by atoms with Gasteiger partial charge in [-0.15, -0.1) is 0 Å². The average molecular weight is 229 g/mol. The van der Waals surface area contributed by atoms with Crippen LogP contribution in [0.3, 0.4) is 0 Å². The van der Waals surface area contributed by atoms with Crippen molar-refractivity contribution in [3.8, 4) is 0 Å². The van der Waals surface area contributed by atoms with Crippen molar-refractivity contribution in [1.29, 1.82) is 0 Å². The highest BCUT2D eigenvalue weighted by Crippen LogP contribution is 2.05. The molecule has 1 amide bonds. The van der Waals surface area contributed by atoms with Gasteiger partial charge in [0.25, 0.3) is 0 Å². The van der Waals surface area contributed by atoms with Crippen LogP contribution in [0.4, 0.5) is 0 Å². The minimum Gasteiger partial charge on any atom is -0.460 e. The molecule has 1 heterocycles. The first kappa shape index (κ1) is 12.9. The van der Waals surface area contributed by atoms with Gasteiger partial charge in [0.15, 0.2) is 0 Å². The molecule has 0 radical (unpaired) electrons. The van der Waals surface area contributed by atoms with Crippen molar-refractivity contribution in [2.24, 2.45) is 5.73 Å². The molecule has 0 aromatic heterocycles. The van der Waals surface area contributed by atoms with E-state index < -0.39 is 12.0 Å². The van der Waals surface area contributed by atoms with Gasteiger partial charge in [0.05, 0.1) is 6.04 Å². The van der Waals surface area contributed by atoms with Crippen molar-refractivity contribution in [2.75, 3.05) is 19.6 Å². The third-order valence-electron chi connectivity index (χ3n) is 2.37. The summed E-state index contributed by atoms with van der Waals surface area (Å²) in [6.45, 7) is 3.10. The van der Waals surface area contributed by atoms with E-state index in [1.807, 2.05) is 0 Å². The van der Waals surface area contributed by atoms with Crippen molar-refractivity contribution < 1.29 is 14.3 Å². The lowest BCUT2D eigenvalue weighted by atomic mass is 10.1. The number of hydrogen-bond acceptors (Lipinski definition) is 5. The molecule has 6 nitrogen and oxygen atoms in total. The van der Waals surface area contributed by atoms with Gasteiger partial charge in [-0.3, -0.25) is 9.59 Å². The summed E-state index contributed by atoms with van der Waals surface area (Å²) >= 11 is 0. The third-order valence-corrected chi connectivity index (χ3v) is 2.37. The van der Waals surface area contributed by atoms with Gasteiger partial charge < -0.3 is 21.1 Å². The molecule has 1 saturated heterocycles. The lowest BCUT2D eigenvalue weighted by Gasteiger charge is -2.22. The molecule has 1 fully saturated rings. The van der Waals surface area contributed by atoms with Crippen LogP contribution < -0.4 is 16.4 Å². The highest BCUT2D eigenvalue weighted by atomic mass is 16.5. The number of ether oxygens (including phenoxy) is 1. The van der Waals surface area contributed by atoms with Crippen LogP contribution in [0.1, 0.15) is 19.8 Å². The number of carbonyl (C=O) groups excluding carboxylic acids is 2. The molecular weight excluding hydrogens is 210 g/mol. The fourth-order valence-corrected chi connectivity index (χ4v) is 1.47. The smallest absolute Gasteiger partial charge is 0.325 e. The maximum absolute atomic E-state index is 11.3. The summed E-state index contributed by atoms with van der Waals surface area (Å²) in [6.07, 6.45) is 1.80. The monoisotopic (exact) mass is 229 g/mol. The Kier molecular flexibility index (Phi) is 5.21. The van der Waals surface area contributed by atoms with E-state index in [0.29, 0.717) is 6.54 Å². The van der Waals surface area contributed by atoms with E-state index in [9.17, 15) is 9.59 Å². The second-order valence-corrected chi connectivity index (χ2v) is 3.96. The number of rotatable bonds is 4. The Labute approximate surface area is 94.9 Å². The molecule has 1 rings (SSSR count). The Hall–Kier alpha value is -1.14. The van der Waals surface area contributed by atoms with Crippen LogP contribution >= 0.6 is 0 Å². The van der Waals surface area contributed by atoms with Gasteiger partial charge >= 0.3 is 5.97 Å². The van der Waals surface area contributed by atoms with E-state index in [4.69, 9.17) is 10.5 Å². The van der Waals surface area contributed by atoms with Gasteiger partial charge in [0.1, 0.15) is 12.6 Å². The molecule has 0 aromatic rings. The Bertz CT molecular complexity index is 250. The van der Waals surface area contributed by atoms with Crippen molar-refractivity contribution in [3.63, 3.8) is 0 Å². The third kappa shape index (κ3) is 4.59. The Morgan fingerprint density at radius 3 is 2.94 bits per heavy atom. The van der Waals surface area contributed by atoms with Crippen molar-refractivity contribution in [3.05, 3.63) is 0 Å². The molecule has 0 aromatic carbocycles. The quantitative estimate of drug-likeness (QED) is 0.523. The fourth-order valence-electron chi connectivity index (χ4n) is 1.47.